The fourth-order valence-corrected chi connectivity index (χ4v) is 4.02. The Kier molecular flexibility index (Phi) is 2.64. The minimum absolute atomic E-state index is 0.512. The molecule has 0 nitrogen and oxygen atoms in total. The van der Waals surface area contributed by atoms with Crippen LogP contribution in [0, 0.1) is 0 Å². The van der Waals surface area contributed by atoms with E-state index in [1.165, 1.54) is 16.7 Å². The first-order valence-corrected chi connectivity index (χ1v) is 7.30. The van der Waals surface area contributed by atoms with Gasteiger partial charge < -0.3 is 0 Å². The number of rotatable bonds is 2. The maximum Gasteiger partial charge on any atom is 0.0849 e. The van der Waals surface area contributed by atoms with Crippen molar-refractivity contribution in [3.05, 3.63) is 65.3 Å². The second-order valence-electron chi connectivity index (χ2n) is 4.94. The highest BCUT2D eigenvalue weighted by atomic mass is 28.2. The Bertz CT molecular complexity index is 532. The van der Waals surface area contributed by atoms with E-state index in [0.717, 1.165) is 15.1 Å². The Morgan fingerprint density at radius 1 is 1.12 bits per heavy atom. The van der Waals surface area contributed by atoms with Crippen molar-refractivity contribution in [3.8, 4) is 0 Å². The predicted molar refractivity (Wildman–Crippen MR) is 75.2 cm³/mol. The summed E-state index contributed by atoms with van der Waals surface area (Å²) < 4.78 is 0. The van der Waals surface area contributed by atoms with E-state index in [1.54, 1.807) is 5.20 Å². The van der Waals surface area contributed by atoms with E-state index in [4.69, 9.17) is 0 Å². The smallest absolute Gasteiger partial charge is 0.0726 e. The molecule has 0 spiro atoms. The van der Waals surface area contributed by atoms with Gasteiger partial charge in [-0.2, -0.15) is 0 Å². The SMILES string of the molecule is CC(C)[Si]C1=C2C=CC=CC2c2ccccc21. The highest BCUT2D eigenvalue weighted by Gasteiger charge is 2.28. The lowest BCUT2D eigenvalue weighted by Gasteiger charge is -2.12. The Hall–Kier alpha value is -1.34. The Morgan fingerprint density at radius 3 is 2.76 bits per heavy atom. The van der Waals surface area contributed by atoms with Gasteiger partial charge in [0.1, 0.15) is 0 Å². The van der Waals surface area contributed by atoms with E-state index >= 15 is 0 Å². The average molecular weight is 236 g/mol. The quantitative estimate of drug-likeness (QED) is 0.677. The number of allylic oxidation sites excluding steroid dienone is 5. The summed E-state index contributed by atoms with van der Waals surface area (Å²) in [7, 11) is 0.914. The van der Waals surface area contributed by atoms with E-state index in [1.807, 2.05) is 0 Å². The van der Waals surface area contributed by atoms with Crippen LogP contribution in [0.2, 0.25) is 5.54 Å². The van der Waals surface area contributed by atoms with Crippen LogP contribution in [0.3, 0.4) is 0 Å². The fourth-order valence-electron chi connectivity index (χ4n) is 2.65. The van der Waals surface area contributed by atoms with E-state index in [-0.39, 0.29) is 0 Å². The molecule has 1 heteroatoms. The van der Waals surface area contributed by atoms with Gasteiger partial charge in [0, 0.05) is 5.92 Å². The van der Waals surface area contributed by atoms with E-state index < -0.39 is 0 Å². The van der Waals surface area contributed by atoms with Crippen LogP contribution >= 0.6 is 0 Å². The van der Waals surface area contributed by atoms with Gasteiger partial charge in [-0.15, -0.1) is 0 Å². The van der Waals surface area contributed by atoms with Crippen LogP contribution in [0.4, 0.5) is 0 Å². The van der Waals surface area contributed by atoms with Crippen LogP contribution in [-0.4, -0.2) is 9.52 Å². The summed E-state index contributed by atoms with van der Waals surface area (Å²) >= 11 is 0. The lowest BCUT2D eigenvalue weighted by atomic mass is 9.93. The molecule has 1 aromatic carbocycles. The van der Waals surface area contributed by atoms with Crippen molar-refractivity contribution in [3.63, 3.8) is 0 Å². The monoisotopic (exact) mass is 236 g/mol. The summed E-state index contributed by atoms with van der Waals surface area (Å²) in [6.45, 7) is 4.62. The highest BCUT2D eigenvalue weighted by molar-refractivity contribution is 6.63. The first-order valence-electron chi connectivity index (χ1n) is 6.22. The van der Waals surface area contributed by atoms with Crippen LogP contribution in [0.1, 0.15) is 30.9 Å². The van der Waals surface area contributed by atoms with Crippen LogP contribution < -0.4 is 0 Å². The molecule has 0 amide bonds. The lowest BCUT2D eigenvalue weighted by Crippen LogP contribution is -2.01. The van der Waals surface area contributed by atoms with Gasteiger partial charge >= 0.3 is 0 Å². The van der Waals surface area contributed by atoms with Gasteiger partial charge in [-0.3, -0.25) is 0 Å². The fraction of sp³-hybridized carbons (Fsp3) is 0.250. The first-order chi connectivity index (χ1) is 8.27. The van der Waals surface area contributed by atoms with Crippen LogP contribution in [0.25, 0.3) is 5.20 Å². The highest BCUT2D eigenvalue weighted by Crippen LogP contribution is 2.44. The molecular formula is C16H16Si. The van der Waals surface area contributed by atoms with Crippen LogP contribution in [-0.2, 0) is 0 Å². The Morgan fingerprint density at radius 2 is 1.94 bits per heavy atom. The number of fused-ring (bicyclic) bond motifs is 3. The molecule has 1 unspecified atom stereocenters. The van der Waals surface area contributed by atoms with Crippen molar-refractivity contribution in [1.82, 2.24) is 0 Å². The van der Waals surface area contributed by atoms with Crippen LogP contribution in [0.15, 0.2) is 54.1 Å². The molecular weight excluding hydrogens is 220 g/mol. The second kappa shape index (κ2) is 4.15. The molecule has 3 rings (SSSR count). The van der Waals surface area contributed by atoms with Gasteiger partial charge in [-0.05, 0) is 16.7 Å². The van der Waals surface area contributed by atoms with Crippen molar-refractivity contribution in [2.24, 2.45) is 0 Å². The normalized spacial score (nSPS) is 21.0. The summed E-state index contributed by atoms with van der Waals surface area (Å²) in [5.74, 6) is 0.512. The first kappa shape index (κ1) is 10.8. The Labute approximate surface area is 106 Å². The summed E-state index contributed by atoms with van der Waals surface area (Å²) in [5, 5.41) is 1.58. The van der Waals surface area contributed by atoms with Crippen molar-refractivity contribution in [2.45, 2.75) is 25.3 Å². The second-order valence-corrected chi connectivity index (χ2v) is 6.88. The van der Waals surface area contributed by atoms with Crippen LogP contribution in [0.5, 0.6) is 0 Å². The molecule has 0 N–H and O–H groups in total. The molecule has 0 aliphatic heterocycles. The zero-order valence-electron chi connectivity index (χ0n) is 10.3. The van der Waals surface area contributed by atoms with Gasteiger partial charge in [0.25, 0.3) is 0 Å². The van der Waals surface area contributed by atoms with Gasteiger partial charge in [0.2, 0.25) is 0 Å². The summed E-state index contributed by atoms with van der Waals surface area (Å²) in [5.41, 5.74) is 5.24. The largest absolute Gasteiger partial charge is 0.0849 e. The third-order valence-electron chi connectivity index (χ3n) is 3.31. The molecule has 0 saturated carbocycles. The van der Waals surface area contributed by atoms with Crippen molar-refractivity contribution in [1.29, 1.82) is 0 Å². The average Bonchev–Trinajstić information content (AvgIpc) is 2.65. The molecule has 0 aromatic heterocycles. The van der Waals surface area contributed by atoms with Gasteiger partial charge in [0.15, 0.2) is 0 Å². The van der Waals surface area contributed by atoms with Crippen molar-refractivity contribution in [2.75, 3.05) is 0 Å². The van der Waals surface area contributed by atoms with Crippen molar-refractivity contribution < 1.29 is 0 Å². The number of hydrogen-bond donors (Lipinski definition) is 0. The van der Waals surface area contributed by atoms with E-state index in [0.29, 0.717) is 5.92 Å². The molecule has 84 valence electrons. The third-order valence-corrected chi connectivity index (χ3v) is 4.74. The standard InChI is InChI=1S/C16H16Si/c1-11(2)17-16-14-9-5-3-7-12(14)13-8-4-6-10-15(13)16/h3-12H,1-2H3. The zero-order chi connectivity index (χ0) is 11.8. The molecule has 2 aliphatic carbocycles. The number of hydrogen-bond acceptors (Lipinski definition) is 0. The molecule has 0 saturated heterocycles. The molecule has 17 heavy (non-hydrogen) atoms. The van der Waals surface area contributed by atoms with Gasteiger partial charge in [-0.1, -0.05) is 73.2 Å². The van der Waals surface area contributed by atoms with Crippen molar-refractivity contribution >= 4 is 14.7 Å². The lowest BCUT2D eigenvalue weighted by molar-refractivity contribution is 1.05. The summed E-state index contributed by atoms with van der Waals surface area (Å²) in [4.78, 5) is 0. The van der Waals surface area contributed by atoms with E-state index in [2.05, 4.69) is 62.4 Å². The zero-order valence-corrected chi connectivity index (χ0v) is 11.3. The summed E-state index contributed by atoms with van der Waals surface area (Å²) in [6, 6.07) is 8.88. The van der Waals surface area contributed by atoms with Gasteiger partial charge in [0.05, 0.1) is 9.52 Å². The number of benzene rings is 1. The summed E-state index contributed by atoms with van der Waals surface area (Å²) in [6.07, 6.45) is 8.97. The Balaban J connectivity index is 2.15. The maximum atomic E-state index is 2.33. The molecule has 0 heterocycles. The maximum absolute atomic E-state index is 2.33. The molecule has 2 aliphatic rings. The third kappa shape index (κ3) is 1.75. The molecule has 1 atom stereocenters. The molecule has 1 aromatic rings. The molecule has 0 bridgehead atoms. The minimum Gasteiger partial charge on any atom is -0.0726 e. The topological polar surface area (TPSA) is 0 Å². The molecule has 2 radical (unpaired) electrons. The van der Waals surface area contributed by atoms with E-state index in [9.17, 15) is 0 Å². The van der Waals surface area contributed by atoms with Gasteiger partial charge in [-0.25, -0.2) is 0 Å². The predicted octanol–water partition coefficient (Wildman–Crippen LogP) is 4.15. The molecule has 0 fully saturated rings. The minimum atomic E-state index is 0.512.